The van der Waals surface area contributed by atoms with E-state index in [-0.39, 0.29) is 23.4 Å². The lowest BCUT2D eigenvalue weighted by molar-refractivity contribution is -0.114. The van der Waals surface area contributed by atoms with Crippen molar-refractivity contribution < 1.29 is 14.3 Å². The van der Waals surface area contributed by atoms with E-state index in [1.54, 1.807) is 12.1 Å². The maximum atomic E-state index is 11.6. The highest BCUT2D eigenvalue weighted by molar-refractivity contribution is 7.08. The van der Waals surface area contributed by atoms with E-state index in [2.05, 4.69) is 28.5 Å². The zero-order valence-corrected chi connectivity index (χ0v) is 17.4. The summed E-state index contributed by atoms with van der Waals surface area (Å²) in [5.41, 5.74) is 3.76. The molecule has 2 N–H and O–H groups in total. The Morgan fingerprint density at radius 3 is 2.61 bits per heavy atom. The number of aromatic hydroxyl groups is 1. The molecule has 5 nitrogen and oxygen atoms in total. The van der Waals surface area contributed by atoms with Gasteiger partial charge in [0.1, 0.15) is 11.4 Å². The van der Waals surface area contributed by atoms with Crippen LogP contribution in [0.25, 0.3) is 44.6 Å². The molecule has 1 amide bonds. The van der Waals surface area contributed by atoms with Gasteiger partial charge >= 0.3 is 0 Å². The smallest absolute Gasteiger partial charge is 0.233 e. The summed E-state index contributed by atoms with van der Waals surface area (Å²) in [6, 6.07) is 21.6. The van der Waals surface area contributed by atoms with Crippen molar-refractivity contribution in [2.45, 2.75) is 6.92 Å². The van der Waals surface area contributed by atoms with Crippen LogP contribution in [0.15, 0.2) is 81.9 Å². The van der Waals surface area contributed by atoms with Gasteiger partial charge in [-0.25, -0.2) is 4.98 Å². The van der Waals surface area contributed by atoms with E-state index >= 15 is 0 Å². The molecule has 0 fully saturated rings. The number of amides is 1. The van der Waals surface area contributed by atoms with Crippen molar-refractivity contribution in [1.82, 2.24) is 4.98 Å². The minimum absolute atomic E-state index is 0.0536. The molecule has 2 aromatic heterocycles. The lowest BCUT2D eigenvalue weighted by atomic mass is 9.97. The normalized spacial score (nSPS) is 11.0. The largest absolute Gasteiger partial charge is 0.507 e. The zero-order chi connectivity index (χ0) is 21.4. The van der Waals surface area contributed by atoms with Crippen molar-refractivity contribution in [2.75, 3.05) is 5.32 Å². The summed E-state index contributed by atoms with van der Waals surface area (Å²) in [6.45, 7) is 1.41. The van der Waals surface area contributed by atoms with Gasteiger partial charge < -0.3 is 9.52 Å². The predicted octanol–water partition coefficient (Wildman–Crippen LogP) is 6.55. The van der Waals surface area contributed by atoms with Gasteiger partial charge in [0.2, 0.25) is 17.7 Å². The van der Waals surface area contributed by atoms with Crippen molar-refractivity contribution >= 4 is 33.9 Å². The molecule has 6 heteroatoms. The van der Waals surface area contributed by atoms with Gasteiger partial charge in [-0.15, -0.1) is 0 Å². The molecule has 0 saturated heterocycles. The van der Waals surface area contributed by atoms with Crippen molar-refractivity contribution in [3.63, 3.8) is 0 Å². The molecule has 0 radical (unpaired) electrons. The van der Waals surface area contributed by atoms with E-state index in [0.717, 1.165) is 27.5 Å². The Morgan fingerprint density at radius 2 is 1.84 bits per heavy atom. The molecule has 0 atom stereocenters. The van der Waals surface area contributed by atoms with Crippen LogP contribution in [-0.2, 0) is 4.79 Å². The number of phenolic OH excluding ortho intramolecular Hbond substituents is 1. The highest BCUT2D eigenvalue weighted by Gasteiger charge is 2.20. The number of carbonyl (C=O) groups is 1. The lowest BCUT2D eigenvalue weighted by Gasteiger charge is -2.09. The average Bonchev–Trinajstić information content (AvgIpc) is 3.43. The van der Waals surface area contributed by atoms with Gasteiger partial charge in [0.15, 0.2) is 0 Å². The SMILES string of the molecule is CC(=O)Nc1oc(-c2ccc(-c3cccc4ccccc34)cc2O)nc1-c1ccsc1. The van der Waals surface area contributed by atoms with Crippen molar-refractivity contribution in [1.29, 1.82) is 0 Å². The van der Waals surface area contributed by atoms with Crippen molar-refractivity contribution in [3.05, 3.63) is 77.5 Å². The molecule has 0 aliphatic rings. The Balaban J connectivity index is 1.59. The van der Waals surface area contributed by atoms with Gasteiger partial charge in [-0.05, 0) is 45.5 Å². The Hall–Kier alpha value is -3.90. The maximum absolute atomic E-state index is 11.6. The van der Waals surface area contributed by atoms with E-state index in [1.165, 1.54) is 18.3 Å². The summed E-state index contributed by atoms with van der Waals surface area (Å²) in [7, 11) is 0. The standard InChI is InChI=1S/C25H18N2O3S/c1-15(28)26-25-23(18-11-12-31-14-18)27-24(30-25)21-10-9-17(13-22(21)29)20-8-4-6-16-5-2-3-7-19(16)20/h2-14,29H,1H3,(H,26,28). The number of hydrogen-bond donors (Lipinski definition) is 2. The number of aromatic nitrogens is 1. The fourth-order valence-electron chi connectivity index (χ4n) is 3.63. The summed E-state index contributed by atoms with van der Waals surface area (Å²) in [4.78, 5) is 16.2. The number of nitrogens with zero attached hydrogens (tertiary/aromatic N) is 1. The number of carbonyl (C=O) groups excluding carboxylic acids is 1. The molecule has 152 valence electrons. The second kappa shape index (κ2) is 7.74. The summed E-state index contributed by atoms with van der Waals surface area (Å²) in [5.74, 6) is 0.304. The predicted molar refractivity (Wildman–Crippen MR) is 124 cm³/mol. The van der Waals surface area contributed by atoms with Crippen LogP contribution in [0.5, 0.6) is 5.75 Å². The van der Waals surface area contributed by atoms with Crippen molar-refractivity contribution in [2.24, 2.45) is 0 Å². The van der Waals surface area contributed by atoms with Crippen LogP contribution < -0.4 is 5.32 Å². The van der Waals surface area contributed by atoms with Gasteiger partial charge in [-0.2, -0.15) is 11.3 Å². The van der Waals surface area contributed by atoms with Gasteiger partial charge in [0, 0.05) is 17.9 Å². The van der Waals surface area contributed by atoms with Gasteiger partial charge in [-0.1, -0.05) is 48.5 Å². The molecule has 31 heavy (non-hydrogen) atoms. The first-order valence-electron chi connectivity index (χ1n) is 9.72. The molecule has 5 rings (SSSR count). The molecule has 0 aliphatic carbocycles. The van der Waals surface area contributed by atoms with Crippen LogP contribution in [-0.4, -0.2) is 16.0 Å². The monoisotopic (exact) mass is 426 g/mol. The molecule has 2 heterocycles. The quantitative estimate of drug-likeness (QED) is 0.341. The number of oxazole rings is 1. The van der Waals surface area contributed by atoms with E-state index in [0.29, 0.717) is 11.3 Å². The molecule has 0 saturated carbocycles. The first-order valence-corrected chi connectivity index (χ1v) is 10.7. The number of nitrogens with one attached hydrogen (secondary N) is 1. The van der Waals surface area contributed by atoms with Crippen LogP contribution in [0.3, 0.4) is 0 Å². The van der Waals surface area contributed by atoms with E-state index in [1.807, 2.05) is 47.2 Å². The third-order valence-corrected chi connectivity index (χ3v) is 5.72. The Kier molecular flexibility index (Phi) is 4.76. The number of hydrogen-bond acceptors (Lipinski definition) is 5. The highest BCUT2D eigenvalue weighted by atomic mass is 32.1. The molecule has 0 spiro atoms. The Morgan fingerprint density at radius 1 is 1.00 bits per heavy atom. The zero-order valence-electron chi connectivity index (χ0n) is 16.6. The fourth-order valence-corrected chi connectivity index (χ4v) is 4.27. The first-order chi connectivity index (χ1) is 15.1. The summed E-state index contributed by atoms with van der Waals surface area (Å²) in [6.07, 6.45) is 0. The van der Waals surface area contributed by atoms with Gasteiger partial charge in [0.25, 0.3) is 0 Å². The summed E-state index contributed by atoms with van der Waals surface area (Å²) < 4.78 is 5.83. The Bertz CT molecular complexity index is 1400. The first kappa shape index (κ1) is 19.1. The average molecular weight is 426 g/mol. The van der Waals surface area contributed by atoms with E-state index in [9.17, 15) is 9.90 Å². The maximum Gasteiger partial charge on any atom is 0.233 e. The van der Waals surface area contributed by atoms with Crippen LogP contribution in [0.2, 0.25) is 0 Å². The summed E-state index contributed by atoms with van der Waals surface area (Å²) in [5, 5.41) is 19.6. The fraction of sp³-hybridized carbons (Fsp3) is 0.0400. The lowest BCUT2D eigenvalue weighted by Crippen LogP contribution is -2.05. The Labute approximate surface area is 182 Å². The molecule has 0 aliphatic heterocycles. The second-order valence-corrected chi connectivity index (χ2v) is 7.93. The topological polar surface area (TPSA) is 75.4 Å². The third kappa shape index (κ3) is 3.58. The molecule has 3 aromatic carbocycles. The molecular formula is C25H18N2O3S. The van der Waals surface area contributed by atoms with Crippen LogP contribution in [0.1, 0.15) is 6.92 Å². The molecule has 0 bridgehead atoms. The van der Waals surface area contributed by atoms with E-state index < -0.39 is 0 Å². The number of benzene rings is 3. The number of thiophene rings is 1. The molecular weight excluding hydrogens is 408 g/mol. The third-order valence-electron chi connectivity index (χ3n) is 5.04. The summed E-state index contributed by atoms with van der Waals surface area (Å²) >= 11 is 1.53. The number of phenols is 1. The highest BCUT2D eigenvalue weighted by Crippen LogP contribution is 2.39. The van der Waals surface area contributed by atoms with Crippen LogP contribution >= 0.6 is 11.3 Å². The number of rotatable bonds is 4. The number of fused-ring (bicyclic) bond motifs is 1. The van der Waals surface area contributed by atoms with Crippen LogP contribution in [0.4, 0.5) is 5.88 Å². The molecule has 0 unspecified atom stereocenters. The second-order valence-electron chi connectivity index (χ2n) is 7.15. The van der Waals surface area contributed by atoms with Crippen molar-refractivity contribution in [3.8, 4) is 39.6 Å². The van der Waals surface area contributed by atoms with Gasteiger partial charge in [-0.3, -0.25) is 10.1 Å². The van der Waals surface area contributed by atoms with Crippen LogP contribution in [0, 0.1) is 0 Å². The number of anilines is 1. The minimum atomic E-state index is -0.255. The van der Waals surface area contributed by atoms with Gasteiger partial charge in [0.05, 0.1) is 5.56 Å². The van der Waals surface area contributed by atoms with E-state index in [4.69, 9.17) is 4.42 Å². The minimum Gasteiger partial charge on any atom is -0.507 e. The molecule has 5 aromatic rings.